The lowest BCUT2D eigenvalue weighted by atomic mass is 9.89. The van der Waals surface area contributed by atoms with E-state index in [9.17, 15) is 9.59 Å². The van der Waals surface area contributed by atoms with Gasteiger partial charge in [0, 0.05) is 45.0 Å². The standard InChI is InChI=1S/C22H29N7O3/c1-27-10-12-28(13-11-27)18-14-24-19(20(23)30)21(26-18)25-17-4-2-15(3-5-17)16-6-8-29(9-7-16)22(31)32/h2-5,14,16H,6-13H2,1H3,(H2,23,30)(H,25,26)(H,31,32). The molecule has 3 heterocycles. The molecule has 10 heteroatoms. The van der Waals surface area contributed by atoms with Crippen molar-refractivity contribution in [1.29, 1.82) is 0 Å². The molecule has 4 N–H and O–H groups in total. The van der Waals surface area contributed by atoms with Crippen molar-refractivity contribution in [3.63, 3.8) is 0 Å². The second kappa shape index (κ2) is 9.39. The number of likely N-dealkylation sites (N-methyl/N-ethyl adjacent to an activating group) is 1. The van der Waals surface area contributed by atoms with E-state index in [2.05, 4.69) is 32.1 Å². The third-order valence-corrected chi connectivity index (χ3v) is 6.23. The summed E-state index contributed by atoms with van der Waals surface area (Å²) in [6.45, 7) is 4.67. The van der Waals surface area contributed by atoms with Crippen molar-refractivity contribution in [3.05, 3.63) is 41.7 Å². The van der Waals surface area contributed by atoms with Gasteiger partial charge in [-0.25, -0.2) is 14.8 Å². The Morgan fingerprint density at radius 3 is 2.31 bits per heavy atom. The van der Waals surface area contributed by atoms with Crippen LogP contribution in [-0.4, -0.2) is 83.2 Å². The number of piperidine rings is 1. The Labute approximate surface area is 187 Å². The van der Waals surface area contributed by atoms with Crippen LogP contribution in [0.3, 0.4) is 0 Å². The molecule has 0 radical (unpaired) electrons. The summed E-state index contributed by atoms with van der Waals surface area (Å²) in [5.41, 5.74) is 7.58. The van der Waals surface area contributed by atoms with Crippen LogP contribution in [0.4, 0.5) is 22.1 Å². The number of rotatable bonds is 5. The summed E-state index contributed by atoms with van der Waals surface area (Å²) in [6.07, 6.45) is 2.36. The van der Waals surface area contributed by atoms with E-state index in [1.165, 1.54) is 10.5 Å². The highest BCUT2D eigenvalue weighted by atomic mass is 16.4. The zero-order valence-electron chi connectivity index (χ0n) is 18.2. The van der Waals surface area contributed by atoms with E-state index >= 15 is 0 Å². The normalized spacial score (nSPS) is 17.9. The summed E-state index contributed by atoms with van der Waals surface area (Å²) >= 11 is 0. The van der Waals surface area contributed by atoms with Gasteiger partial charge in [0.05, 0.1) is 6.20 Å². The highest BCUT2D eigenvalue weighted by Crippen LogP contribution is 2.30. The topological polar surface area (TPSA) is 128 Å². The maximum Gasteiger partial charge on any atom is 0.407 e. The molecule has 1 aromatic heterocycles. The average Bonchev–Trinajstić information content (AvgIpc) is 2.80. The number of nitrogens with one attached hydrogen (secondary N) is 1. The fourth-order valence-electron chi connectivity index (χ4n) is 4.21. The van der Waals surface area contributed by atoms with Crippen LogP contribution in [0.25, 0.3) is 0 Å². The number of nitrogens with two attached hydrogens (primary N) is 1. The third-order valence-electron chi connectivity index (χ3n) is 6.23. The average molecular weight is 440 g/mol. The number of hydrogen-bond donors (Lipinski definition) is 3. The highest BCUT2D eigenvalue weighted by molar-refractivity contribution is 5.96. The van der Waals surface area contributed by atoms with E-state index in [-0.39, 0.29) is 5.69 Å². The molecule has 2 amide bonds. The van der Waals surface area contributed by atoms with Crippen LogP contribution in [0.2, 0.25) is 0 Å². The quantitative estimate of drug-likeness (QED) is 0.645. The largest absolute Gasteiger partial charge is 0.465 e. The fraction of sp³-hybridized carbons (Fsp3) is 0.455. The van der Waals surface area contributed by atoms with Gasteiger partial charge in [-0.3, -0.25) is 4.79 Å². The van der Waals surface area contributed by atoms with Gasteiger partial charge in [0.15, 0.2) is 11.5 Å². The third kappa shape index (κ3) is 4.91. The highest BCUT2D eigenvalue weighted by Gasteiger charge is 2.23. The first-order chi connectivity index (χ1) is 15.4. The lowest BCUT2D eigenvalue weighted by Crippen LogP contribution is -2.45. The molecule has 32 heavy (non-hydrogen) atoms. The number of piperazine rings is 1. The number of hydrogen-bond acceptors (Lipinski definition) is 7. The van der Waals surface area contributed by atoms with E-state index in [1.807, 2.05) is 24.3 Å². The summed E-state index contributed by atoms with van der Waals surface area (Å²) < 4.78 is 0. The van der Waals surface area contributed by atoms with Gasteiger partial charge < -0.3 is 30.9 Å². The summed E-state index contributed by atoms with van der Waals surface area (Å²) in [5.74, 6) is 0.761. The van der Waals surface area contributed by atoms with Crippen molar-refractivity contribution in [3.8, 4) is 0 Å². The number of benzene rings is 1. The number of aromatic nitrogens is 2. The second-order valence-electron chi connectivity index (χ2n) is 8.37. The zero-order valence-corrected chi connectivity index (χ0v) is 18.2. The Bertz CT molecular complexity index is 966. The number of nitrogens with zero attached hydrogens (tertiary/aromatic N) is 5. The maximum atomic E-state index is 11.9. The summed E-state index contributed by atoms with van der Waals surface area (Å²) in [7, 11) is 2.09. The Morgan fingerprint density at radius 2 is 1.72 bits per heavy atom. The van der Waals surface area contributed by atoms with Gasteiger partial charge >= 0.3 is 6.09 Å². The first kappa shape index (κ1) is 21.8. The van der Waals surface area contributed by atoms with Gasteiger partial charge in [-0.05, 0) is 43.5 Å². The molecule has 2 fully saturated rings. The minimum absolute atomic E-state index is 0.105. The van der Waals surface area contributed by atoms with E-state index in [0.29, 0.717) is 30.6 Å². The lowest BCUT2D eigenvalue weighted by Gasteiger charge is -2.33. The first-order valence-electron chi connectivity index (χ1n) is 10.9. The number of anilines is 3. The van der Waals surface area contributed by atoms with Crippen LogP contribution < -0.4 is 16.0 Å². The van der Waals surface area contributed by atoms with Crippen LogP contribution in [0, 0.1) is 0 Å². The molecular weight excluding hydrogens is 410 g/mol. The van der Waals surface area contributed by atoms with Crippen LogP contribution in [-0.2, 0) is 0 Å². The monoisotopic (exact) mass is 439 g/mol. The molecule has 0 unspecified atom stereocenters. The molecule has 2 aliphatic heterocycles. The molecule has 0 aliphatic carbocycles. The van der Waals surface area contributed by atoms with Crippen LogP contribution in [0.5, 0.6) is 0 Å². The van der Waals surface area contributed by atoms with Crippen LogP contribution in [0.15, 0.2) is 30.5 Å². The predicted octanol–water partition coefficient (Wildman–Crippen LogP) is 1.93. The molecule has 0 spiro atoms. The number of primary amides is 1. The van der Waals surface area contributed by atoms with Gasteiger partial charge in [-0.1, -0.05) is 12.1 Å². The molecule has 2 aliphatic rings. The summed E-state index contributed by atoms with van der Waals surface area (Å²) in [4.78, 5) is 37.8. The minimum Gasteiger partial charge on any atom is -0.465 e. The zero-order chi connectivity index (χ0) is 22.7. The smallest absolute Gasteiger partial charge is 0.407 e. The van der Waals surface area contributed by atoms with Crippen LogP contribution >= 0.6 is 0 Å². The SMILES string of the molecule is CN1CCN(c2cnc(C(N)=O)c(Nc3ccc(C4CCN(C(=O)O)CC4)cc3)n2)CC1. The molecule has 170 valence electrons. The fourth-order valence-corrected chi connectivity index (χ4v) is 4.21. The van der Waals surface area contributed by atoms with E-state index in [4.69, 9.17) is 10.8 Å². The lowest BCUT2D eigenvalue weighted by molar-refractivity contribution is 0.0996. The molecule has 2 saturated heterocycles. The predicted molar refractivity (Wildman–Crippen MR) is 122 cm³/mol. The number of carbonyl (C=O) groups is 2. The summed E-state index contributed by atoms with van der Waals surface area (Å²) in [6, 6.07) is 7.94. The molecule has 0 saturated carbocycles. The molecular formula is C22H29N7O3. The molecule has 0 atom stereocenters. The Hall–Kier alpha value is -3.40. The molecule has 2 aromatic rings. The number of likely N-dealkylation sites (tertiary alicyclic amines) is 1. The number of carboxylic acid groups (broad SMARTS) is 1. The molecule has 1 aromatic carbocycles. The van der Waals surface area contributed by atoms with Crippen molar-refractivity contribution >= 4 is 29.3 Å². The number of carbonyl (C=O) groups excluding carboxylic acids is 1. The first-order valence-corrected chi connectivity index (χ1v) is 10.9. The number of amides is 2. The Morgan fingerprint density at radius 1 is 1.06 bits per heavy atom. The molecule has 10 nitrogen and oxygen atoms in total. The van der Waals surface area contributed by atoms with Gasteiger partial charge in [0.1, 0.15) is 5.82 Å². The summed E-state index contributed by atoms with van der Waals surface area (Å²) in [5, 5.41) is 12.3. The van der Waals surface area contributed by atoms with Crippen molar-refractivity contribution in [1.82, 2.24) is 19.8 Å². The van der Waals surface area contributed by atoms with Crippen molar-refractivity contribution in [2.75, 3.05) is 56.5 Å². The molecule has 0 bridgehead atoms. The van der Waals surface area contributed by atoms with Crippen molar-refractivity contribution < 1.29 is 14.7 Å². The minimum atomic E-state index is -0.854. The van der Waals surface area contributed by atoms with Gasteiger partial charge in [-0.15, -0.1) is 0 Å². The van der Waals surface area contributed by atoms with Gasteiger partial charge in [0.25, 0.3) is 5.91 Å². The van der Waals surface area contributed by atoms with Gasteiger partial charge in [0.2, 0.25) is 0 Å². The second-order valence-corrected chi connectivity index (χ2v) is 8.37. The molecule has 4 rings (SSSR count). The van der Waals surface area contributed by atoms with Gasteiger partial charge in [-0.2, -0.15) is 0 Å². The van der Waals surface area contributed by atoms with E-state index in [0.717, 1.165) is 44.7 Å². The maximum absolute atomic E-state index is 11.9. The van der Waals surface area contributed by atoms with E-state index < -0.39 is 12.0 Å². The van der Waals surface area contributed by atoms with E-state index in [1.54, 1.807) is 6.20 Å². The van der Waals surface area contributed by atoms with Crippen LogP contribution in [0.1, 0.15) is 34.8 Å². The van der Waals surface area contributed by atoms with Crippen molar-refractivity contribution in [2.45, 2.75) is 18.8 Å². The Balaban J connectivity index is 1.47. The Kier molecular flexibility index (Phi) is 6.40. The van der Waals surface area contributed by atoms with Crippen molar-refractivity contribution in [2.24, 2.45) is 5.73 Å².